The van der Waals surface area contributed by atoms with Gasteiger partial charge < -0.3 is 15.2 Å². The fourth-order valence-corrected chi connectivity index (χ4v) is 2.17. The summed E-state index contributed by atoms with van der Waals surface area (Å²) in [5.41, 5.74) is 8.58. The molecular weight excluding hydrogens is 266 g/mol. The van der Waals surface area contributed by atoms with Gasteiger partial charge in [0.25, 0.3) is 0 Å². The summed E-state index contributed by atoms with van der Waals surface area (Å²) in [6.07, 6.45) is 1.78. The van der Waals surface area contributed by atoms with Crippen LogP contribution in [0.1, 0.15) is 24.7 Å². The molecule has 2 N–H and O–H groups in total. The van der Waals surface area contributed by atoms with Crippen molar-refractivity contribution in [2.75, 3.05) is 20.0 Å². The van der Waals surface area contributed by atoms with E-state index < -0.39 is 0 Å². The Kier molecular flexibility index (Phi) is 4.62. The molecule has 0 atom stereocenters. The van der Waals surface area contributed by atoms with Gasteiger partial charge >= 0.3 is 0 Å². The fraction of sp³-hybridized carbons (Fsp3) is 0.375. The van der Waals surface area contributed by atoms with Crippen molar-refractivity contribution in [3.8, 4) is 22.8 Å². The highest BCUT2D eigenvalue weighted by molar-refractivity contribution is 5.73. The van der Waals surface area contributed by atoms with E-state index in [2.05, 4.69) is 16.9 Å². The van der Waals surface area contributed by atoms with Crippen molar-refractivity contribution < 1.29 is 9.47 Å². The van der Waals surface area contributed by atoms with Gasteiger partial charge in [-0.2, -0.15) is 0 Å². The minimum atomic E-state index is 0.515. The Bertz CT molecular complexity index is 642. The molecule has 112 valence electrons. The van der Waals surface area contributed by atoms with Crippen LogP contribution in [0.15, 0.2) is 18.2 Å². The maximum absolute atomic E-state index is 6.02. The van der Waals surface area contributed by atoms with E-state index in [-0.39, 0.29) is 0 Å². The third-order valence-corrected chi connectivity index (χ3v) is 3.37. The molecule has 0 aliphatic heterocycles. The molecule has 0 unspecified atom stereocenters. The molecular formula is C16H21N3O2. The van der Waals surface area contributed by atoms with Crippen LogP contribution in [-0.4, -0.2) is 24.2 Å². The maximum atomic E-state index is 6.02. The SMILES string of the molecule is CCCc1nc(N)c(C)c(-c2ccc(OC)cc2OC)n1. The molecule has 0 saturated heterocycles. The number of rotatable bonds is 5. The predicted molar refractivity (Wildman–Crippen MR) is 83.7 cm³/mol. The number of nitrogen functional groups attached to an aromatic ring is 1. The maximum Gasteiger partial charge on any atom is 0.131 e. The first-order valence-corrected chi connectivity index (χ1v) is 6.96. The Balaban J connectivity index is 2.60. The number of anilines is 1. The summed E-state index contributed by atoms with van der Waals surface area (Å²) in [4.78, 5) is 8.98. The van der Waals surface area contributed by atoms with E-state index in [4.69, 9.17) is 15.2 Å². The Labute approximate surface area is 125 Å². The van der Waals surface area contributed by atoms with E-state index in [1.54, 1.807) is 14.2 Å². The van der Waals surface area contributed by atoms with E-state index in [0.717, 1.165) is 41.2 Å². The second-order valence-electron chi connectivity index (χ2n) is 4.81. The van der Waals surface area contributed by atoms with Gasteiger partial charge in [0, 0.05) is 23.6 Å². The van der Waals surface area contributed by atoms with Crippen molar-refractivity contribution in [2.24, 2.45) is 0 Å². The normalized spacial score (nSPS) is 10.5. The van der Waals surface area contributed by atoms with Gasteiger partial charge in [-0.05, 0) is 25.5 Å². The number of nitrogens with zero attached hydrogens (tertiary/aromatic N) is 2. The van der Waals surface area contributed by atoms with E-state index in [9.17, 15) is 0 Å². The first-order valence-electron chi connectivity index (χ1n) is 6.96. The van der Waals surface area contributed by atoms with Crippen LogP contribution in [0, 0.1) is 6.92 Å². The summed E-state index contributed by atoms with van der Waals surface area (Å²) in [6.45, 7) is 4.01. The van der Waals surface area contributed by atoms with Gasteiger partial charge in [0.2, 0.25) is 0 Å². The molecule has 1 aromatic heterocycles. The number of ether oxygens (including phenoxy) is 2. The molecule has 0 bridgehead atoms. The molecule has 2 aromatic rings. The highest BCUT2D eigenvalue weighted by Crippen LogP contribution is 2.35. The molecule has 0 radical (unpaired) electrons. The Hall–Kier alpha value is -2.30. The summed E-state index contributed by atoms with van der Waals surface area (Å²) in [5, 5.41) is 0. The highest BCUT2D eigenvalue weighted by atomic mass is 16.5. The third kappa shape index (κ3) is 3.07. The number of aromatic nitrogens is 2. The lowest BCUT2D eigenvalue weighted by molar-refractivity contribution is 0.395. The summed E-state index contributed by atoms with van der Waals surface area (Å²) in [7, 11) is 3.26. The average molecular weight is 287 g/mol. The summed E-state index contributed by atoms with van der Waals surface area (Å²) >= 11 is 0. The molecule has 21 heavy (non-hydrogen) atoms. The van der Waals surface area contributed by atoms with Crippen molar-refractivity contribution in [2.45, 2.75) is 26.7 Å². The van der Waals surface area contributed by atoms with Crippen molar-refractivity contribution >= 4 is 5.82 Å². The minimum absolute atomic E-state index is 0.515. The van der Waals surface area contributed by atoms with E-state index in [1.807, 2.05) is 25.1 Å². The molecule has 1 aromatic carbocycles. The fourth-order valence-electron chi connectivity index (χ4n) is 2.17. The van der Waals surface area contributed by atoms with Crippen molar-refractivity contribution in [1.29, 1.82) is 0 Å². The predicted octanol–water partition coefficient (Wildman–Crippen LogP) is 3.00. The van der Waals surface area contributed by atoms with Crippen molar-refractivity contribution in [1.82, 2.24) is 9.97 Å². The second-order valence-corrected chi connectivity index (χ2v) is 4.81. The largest absolute Gasteiger partial charge is 0.497 e. The standard InChI is InChI=1S/C16H21N3O2/c1-5-6-14-18-15(10(2)16(17)19-14)12-8-7-11(20-3)9-13(12)21-4/h7-9H,5-6H2,1-4H3,(H2,17,18,19). The van der Waals surface area contributed by atoms with E-state index in [0.29, 0.717) is 11.6 Å². The van der Waals surface area contributed by atoms with Gasteiger partial charge in [-0.1, -0.05) is 6.92 Å². The van der Waals surface area contributed by atoms with Crippen LogP contribution in [0.5, 0.6) is 11.5 Å². The van der Waals surface area contributed by atoms with Crippen LogP contribution < -0.4 is 15.2 Å². The quantitative estimate of drug-likeness (QED) is 0.915. The van der Waals surface area contributed by atoms with Gasteiger partial charge in [-0.25, -0.2) is 9.97 Å². The first-order chi connectivity index (χ1) is 10.1. The van der Waals surface area contributed by atoms with Crippen molar-refractivity contribution in [3.63, 3.8) is 0 Å². The molecule has 0 saturated carbocycles. The topological polar surface area (TPSA) is 70.3 Å². The zero-order valence-corrected chi connectivity index (χ0v) is 12.9. The molecule has 1 heterocycles. The van der Waals surface area contributed by atoms with E-state index >= 15 is 0 Å². The molecule has 0 amide bonds. The zero-order chi connectivity index (χ0) is 15.4. The summed E-state index contributed by atoms with van der Waals surface area (Å²) < 4.78 is 10.7. The van der Waals surface area contributed by atoms with Gasteiger partial charge in [-0.15, -0.1) is 0 Å². The molecule has 0 fully saturated rings. The molecule has 5 nitrogen and oxygen atoms in total. The molecule has 0 aliphatic rings. The Morgan fingerprint density at radius 3 is 2.52 bits per heavy atom. The number of benzene rings is 1. The Morgan fingerprint density at radius 1 is 1.14 bits per heavy atom. The monoisotopic (exact) mass is 287 g/mol. The van der Waals surface area contributed by atoms with Gasteiger partial charge in [0.1, 0.15) is 23.1 Å². The number of nitrogens with two attached hydrogens (primary N) is 1. The summed E-state index contributed by atoms with van der Waals surface area (Å²) in [6, 6.07) is 5.66. The van der Waals surface area contributed by atoms with E-state index in [1.165, 1.54) is 0 Å². The van der Waals surface area contributed by atoms with Gasteiger partial charge in [0.05, 0.1) is 19.9 Å². The molecule has 0 spiro atoms. The van der Waals surface area contributed by atoms with Crippen LogP contribution in [0.25, 0.3) is 11.3 Å². The lowest BCUT2D eigenvalue weighted by Crippen LogP contribution is -2.05. The average Bonchev–Trinajstić information content (AvgIpc) is 2.50. The lowest BCUT2D eigenvalue weighted by atomic mass is 10.1. The molecule has 2 rings (SSSR count). The number of methoxy groups -OCH3 is 2. The molecule has 0 aliphatic carbocycles. The van der Waals surface area contributed by atoms with Gasteiger partial charge in [-0.3, -0.25) is 0 Å². The molecule has 5 heteroatoms. The number of hydrogen-bond donors (Lipinski definition) is 1. The second kappa shape index (κ2) is 6.43. The zero-order valence-electron chi connectivity index (χ0n) is 12.9. The smallest absolute Gasteiger partial charge is 0.131 e. The van der Waals surface area contributed by atoms with Crippen LogP contribution in [0.3, 0.4) is 0 Å². The minimum Gasteiger partial charge on any atom is -0.497 e. The van der Waals surface area contributed by atoms with Crippen LogP contribution >= 0.6 is 0 Å². The van der Waals surface area contributed by atoms with Gasteiger partial charge in [0.15, 0.2) is 0 Å². The summed E-state index contributed by atoms with van der Waals surface area (Å²) in [5.74, 6) is 2.72. The highest BCUT2D eigenvalue weighted by Gasteiger charge is 2.15. The third-order valence-electron chi connectivity index (χ3n) is 3.37. The van der Waals surface area contributed by atoms with Crippen LogP contribution in [0.4, 0.5) is 5.82 Å². The number of aryl methyl sites for hydroxylation is 1. The van der Waals surface area contributed by atoms with Crippen LogP contribution in [-0.2, 0) is 6.42 Å². The lowest BCUT2D eigenvalue weighted by Gasteiger charge is -2.14. The first kappa shape index (κ1) is 15.1. The Morgan fingerprint density at radius 2 is 1.90 bits per heavy atom. The number of hydrogen-bond acceptors (Lipinski definition) is 5. The van der Waals surface area contributed by atoms with Crippen LogP contribution in [0.2, 0.25) is 0 Å². The van der Waals surface area contributed by atoms with Crippen molar-refractivity contribution in [3.05, 3.63) is 29.6 Å².